The van der Waals surface area contributed by atoms with E-state index < -0.39 is 24.3 Å². The van der Waals surface area contributed by atoms with Gasteiger partial charge in [0.05, 0.1) is 51.0 Å². The number of fused-ring (bicyclic) bond motifs is 3. The normalized spacial score (nSPS) is 26.1. The quantitative estimate of drug-likeness (QED) is 0.132. The minimum Gasteiger partial charge on any atom is -0.453 e. The molecule has 9 atom stereocenters. The molecule has 0 radical (unpaired) electrons. The zero-order valence-electron chi connectivity index (χ0n) is 33.3. The summed E-state index contributed by atoms with van der Waals surface area (Å²) in [5, 5.41) is 7.51. The Balaban J connectivity index is 0.882. The standard InChI is InChI=1S/C44H48N8O7/c1-23(2)37(49-43(55)57-3)41(53)51-33-16-29(33)18-35(51)39-45-20-31(47-39)12-8-24-7-9-26-15-27(11-10-25(26)14-24)32-21-46-40(48-32)36-19-30-17-34(30)52(36)42(54)38(50-44(56)58-4)28-6-5-13-59-22-28/h7,9-11,14-15,20-21,28-30,33-38H,1,5-6,13,16-19,22H2,2-4H3,(H,45,47)(H,46,48)(H,49,55)(H,50,56)/t28-,29?,30-,33-,34-,35+,36+,37+,38+/m1/s1. The van der Waals surface area contributed by atoms with Crippen molar-refractivity contribution < 1.29 is 33.4 Å². The molecule has 59 heavy (non-hydrogen) atoms. The number of amides is 4. The van der Waals surface area contributed by atoms with Crippen molar-refractivity contribution in [3.8, 4) is 23.1 Å². The van der Waals surface area contributed by atoms with Gasteiger partial charge in [0.2, 0.25) is 11.8 Å². The number of likely N-dealkylation sites (tertiary alicyclic amines) is 2. The molecule has 2 saturated carbocycles. The van der Waals surface area contributed by atoms with Crippen LogP contribution in [-0.4, -0.2) is 105 Å². The van der Waals surface area contributed by atoms with Crippen molar-refractivity contribution in [3.63, 3.8) is 0 Å². The second kappa shape index (κ2) is 15.6. The van der Waals surface area contributed by atoms with Gasteiger partial charge < -0.3 is 44.6 Å². The number of hydrogen-bond donors (Lipinski definition) is 4. The topological polar surface area (TPSA) is 184 Å². The molecule has 5 fully saturated rings. The molecule has 2 aromatic carbocycles. The van der Waals surface area contributed by atoms with Crippen LogP contribution in [0.3, 0.4) is 0 Å². The largest absolute Gasteiger partial charge is 0.453 e. The Bertz CT molecular complexity index is 2390. The summed E-state index contributed by atoms with van der Waals surface area (Å²) in [5.74, 6) is 8.23. The van der Waals surface area contributed by atoms with Crippen LogP contribution in [0, 0.1) is 29.6 Å². The van der Waals surface area contributed by atoms with Gasteiger partial charge in [-0.1, -0.05) is 30.7 Å². The van der Waals surface area contributed by atoms with Crippen molar-refractivity contribution in [1.82, 2.24) is 40.4 Å². The Morgan fingerprint density at radius 2 is 1.51 bits per heavy atom. The van der Waals surface area contributed by atoms with E-state index in [1.165, 1.54) is 14.2 Å². The number of rotatable bonds is 9. The lowest BCUT2D eigenvalue weighted by molar-refractivity contribution is -0.138. The lowest BCUT2D eigenvalue weighted by Gasteiger charge is -2.35. The number of benzene rings is 2. The highest BCUT2D eigenvalue weighted by molar-refractivity contribution is 5.90. The average molecular weight is 801 g/mol. The van der Waals surface area contributed by atoms with Crippen molar-refractivity contribution in [2.75, 3.05) is 27.4 Å². The molecule has 3 aliphatic heterocycles. The highest BCUT2D eigenvalue weighted by Gasteiger charge is 2.57. The maximum atomic E-state index is 14.2. The second-order valence-electron chi connectivity index (χ2n) is 16.5. The Kier molecular flexibility index (Phi) is 10.1. The maximum Gasteiger partial charge on any atom is 0.407 e. The summed E-state index contributed by atoms with van der Waals surface area (Å²) in [6.07, 6.45) is 7.34. The van der Waals surface area contributed by atoms with Gasteiger partial charge in [-0.05, 0) is 97.7 Å². The van der Waals surface area contributed by atoms with Crippen molar-refractivity contribution in [3.05, 3.63) is 83.9 Å². The Hall–Kier alpha value is -6.14. The summed E-state index contributed by atoms with van der Waals surface area (Å²) in [7, 11) is 2.57. The predicted molar refractivity (Wildman–Crippen MR) is 215 cm³/mol. The lowest BCUT2D eigenvalue weighted by atomic mass is 9.92. The van der Waals surface area contributed by atoms with Gasteiger partial charge in [-0.2, -0.15) is 0 Å². The smallest absolute Gasteiger partial charge is 0.407 e. The fourth-order valence-corrected chi connectivity index (χ4v) is 9.37. The van der Waals surface area contributed by atoms with Gasteiger partial charge in [-0.15, -0.1) is 0 Å². The van der Waals surface area contributed by atoms with E-state index in [2.05, 4.69) is 56.1 Å². The number of nitrogens with zero attached hydrogens (tertiary/aromatic N) is 4. The van der Waals surface area contributed by atoms with Gasteiger partial charge in [0.1, 0.15) is 29.4 Å². The van der Waals surface area contributed by atoms with Gasteiger partial charge >= 0.3 is 12.2 Å². The molecule has 4 N–H and O–H groups in total. The van der Waals surface area contributed by atoms with Crippen LogP contribution in [0.4, 0.5) is 9.59 Å². The van der Waals surface area contributed by atoms with Crippen LogP contribution in [0.5, 0.6) is 0 Å². The number of imidazole rings is 2. The van der Waals surface area contributed by atoms with Crippen LogP contribution in [0.25, 0.3) is 22.0 Å². The summed E-state index contributed by atoms with van der Waals surface area (Å²) >= 11 is 0. The Morgan fingerprint density at radius 1 is 0.847 bits per heavy atom. The molecule has 1 unspecified atom stereocenters. The molecule has 0 bridgehead atoms. The molecule has 4 aromatic rings. The van der Waals surface area contributed by atoms with E-state index in [1.54, 1.807) is 13.1 Å². The van der Waals surface area contributed by atoms with Crippen LogP contribution >= 0.6 is 0 Å². The first-order valence-electron chi connectivity index (χ1n) is 20.3. The van der Waals surface area contributed by atoms with E-state index in [9.17, 15) is 19.2 Å². The third kappa shape index (κ3) is 7.53. The molecule has 2 aromatic heterocycles. The first kappa shape index (κ1) is 38.4. The maximum absolute atomic E-state index is 14.2. The van der Waals surface area contributed by atoms with Crippen LogP contribution < -0.4 is 10.6 Å². The second-order valence-corrected chi connectivity index (χ2v) is 16.5. The molecule has 5 aliphatic rings. The predicted octanol–water partition coefficient (Wildman–Crippen LogP) is 5.13. The van der Waals surface area contributed by atoms with Gasteiger partial charge in [-0.3, -0.25) is 9.59 Å². The SMILES string of the molecule is C=C(C)[C@H](NC(=O)OC)C(=O)N1[C@@H]2CC2C[C@H]1c1ncc(C#Cc2ccc3cc(-c4cnc([C@@H]5C[C@H]6C[C@H]6N5C(=O)[C@@H](NC(=O)OC)[C@@H]5CCCOC5)[nH]4)ccc3c2)[nH]1. The van der Waals surface area contributed by atoms with Crippen molar-refractivity contribution in [2.45, 2.75) is 81.7 Å². The number of carbonyl (C=O) groups is 4. The number of nitrogens with one attached hydrogen (secondary N) is 4. The number of ether oxygens (including phenoxy) is 3. The lowest BCUT2D eigenvalue weighted by Crippen LogP contribution is -2.54. The van der Waals surface area contributed by atoms with Crippen molar-refractivity contribution in [2.24, 2.45) is 17.8 Å². The minimum atomic E-state index is -0.885. The Labute approximate surface area is 341 Å². The number of piperidine rings is 2. The molecule has 2 aliphatic carbocycles. The van der Waals surface area contributed by atoms with Crippen molar-refractivity contribution in [1.29, 1.82) is 0 Å². The summed E-state index contributed by atoms with van der Waals surface area (Å²) < 4.78 is 15.3. The number of aromatic amines is 2. The summed E-state index contributed by atoms with van der Waals surface area (Å²) in [6, 6.07) is 10.5. The molecule has 15 heteroatoms. The van der Waals surface area contributed by atoms with Crippen LogP contribution in [0.15, 0.2) is 60.9 Å². The zero-order chi connectivity index (χ0) is 40.9. The molecule has 15 nitrogen and oxygen atoms in total. The monoisotopic (exact) mass is 800 g/mol. The fourth-order valence-electron chi connectivity index (χ4n) is 9.37. The van der Waals surface area contributed by atoms with E-state index in [-0.39, 0.29) is 41.9 Å². The molecule has 4 amide bonds. The van der Waals surface area contributed by atoms with Crippen molar-refractivity contribution >= 4 is 34.8 Å². The third-order valence-corrected chi connectivity index (χ3v) is 12.6. The van der Waals surface area contributed by atoms with E-state index in [0.717, 1.165) is 71.9 Å². The minimum absolute atomic E-state index is 0.108. The average Bonchev–Trinajstić information content (AvgIpc) is 3.85. The Morgan fingerprint density at radius 3 is 2.20 bits per heavy atom. The van der Waals surface area contributed by atoms with E-state index in [0.29, 0.717) is 42.1 Å². The fraction of sp³-hybridized carbons (Fsp3) is 0.455. The molecule has 3 saturated heterocycles. The van der Waals surface area contributed by atoms with Crippen LogP contribution in [0.1, 0.15) is 80.4 Å². The summed E-state index contributed by atoms with van der Waals surface area (Å²) in [5.41, 5.74) is 3.83. The molecular weight excluding hydrogens is 753 g/mol. The van der Waals surface area contributed by atoms with E-state index in [1.807, 2.05) is 40.3 Å². The number of methoxy groups -OCH3 is 2. The molecule has 306 valence electrons. The number of carbonyl (C=O) groups excluding carboxylic acids is 4. The molecule has 5 heterocycles. The van der Waals surface area contributed by atoms with E-state index >= 15 is 0 Å². The van der Waals surface area contributed by atoms with Gasteiger partial charge in [-0.25, -0.2) is 19.6 Å². The summed E-state index contributed by atoms with van der Waals surface area (Å²) in [6.45, 7) is 6.72. The molecular formula is C44H48N8O7. The van der Waals surface area contributed by atoms with E-state index in [4.69, 9.17) is 19.2 Å². The number of H-pyrrole nitrogens is 2. The molecule has 0 spiro atoms. The van der Waals surface area contributed by atoms with Gasteiger partial charge in [0, 0.05) is 35.7 Å². The van der Waals surface area contributed by atoms with Crippen LogP contribution in [0.2, 0.25) is 0 Å². The van der Waals surface area contributed by atoms with Gasteiger partial charge in [0.25, 0.3) is 0 Å². The number of aromatic nitrogens is 4. The summed E-state index contributed by atoms with van der Waals surface area (Å²) in [4.78, 5) is 72.2. The van der Waals surface area contributed by atoms with Gasteiger partial charge in [0.15, 0.2) is 0 Å². The molecule has 9 rings (SSSR count). The highest BCUT2D eigenvalue weighted by atomic mass is 16.5. The first-order chi connectivity index (χ1) is 28.6. The third-order valence-electron chi connectivity index (χ3n) is 12.6. The zero-order valence-corrected chi connectivity index (χ0v) is 33.3. The highest BCUT2D eigenvalue weighted by Crippen LogP contribution is 2.54. The van der Waals surface area contributed by atoms with Crippen LogP contribution in [-0.2, 0) is 23.8 Å². The number of hydrogen-bond acceptors (Lipinski definition) is 9. The first-order valence-corrected chi connectivity index (χ1v) is 20.3. The number of alkyl carbamates (subject to hydrolysis) is 2.